The number of amides is 1. The van der Waals surface area contributed by atoms with Crippen LogP contribution in [0, 0.1) is 11.3 Å². The van der Waals surface area contributed by atoms with E-state index in [0.29, 0.717) is 12.0 Å². The number of hydrogen-bond donors (Lipinski definition) is 1. The Bertz CT molecular complexity index is 1310. The monoisotopic (exact) mass is 601 g/mol. The Kier molecular flexibility index (Phi) is 12.3. The van der Waals surface area contributed by atoms with Crippen LogP contribution in [0.2, 0.25) is 0 Å². The van der Waals surface area contributed by atoms with E-state index >= 15 is 0 Å². The summed E-state index contributed by atoms with van der Waals surface area (Å²) in [5.74, 6) is -2.58. The highest BCUT2D eigenvalue weighted by atomic mass is 16.6. The summed E-state index contributed by atoms with van der Waals surface area (Å²) in [5, 5.41) is 2.69. The number of alkyl carbamates (subject to hydrolysis) is 1. The Morgan fingerprint density at radius 3 is 1.55 bits per heavy atom. The van der Waals surface area contributed by atoms with Crippen LogP contribution >= 0.6 is 0 Å². The normalized spacial score (nSPS) is 12.8. The Balaban J connectivity index is 2.02. The first kappa shape index (κ1) is 34.0. The molecule has 1 amide bonds. The molecule has 234 valence electrons. The molecule has 3 aromatic rings. The lowest BCUT2D eigenvalue weighted by Crippen LogP contribution is -2.52. The summed E-state index contributed by atoms with van der Waals surface area (Å²) in [4.78, 5) is 55.1. The molecule has 8 nitrogen and oxygen atoms in total. The maximum Gasteiger partial charge on any atom is 0.408 e. The molecule has 44 heavy (non-hydrogen) atoms. The van der Waals surface area contributed by atoms with Crippen molar-refractivity contribution >= 4 is 23.8 Å². The molecule has 0 bridgehead atoms. The van der Waals surface area contributed by atoms with Gasteiger partial charge in [-0.3, -0.25) is 14.4 Å². The number of Topliss-reactive ketones (excluding diaryl/α,β-unsaturated/α-hetero) is 1. The number of benzene rings is 3. The maximum absolute atomic E-state index is 14.1. The number of carbonyl (C=O) groups excluding carboxylic acids is 4. The molecule has 0 radical (unpaired) electrons. The minimum atomic E-state index is -2.02. The molecular weight excluding hydrogens is 558 g/mol. The van der Waals surface area contributed by atoms with Crippen molar-refractivity contribution in [2.45, 2.75) is 78.7 Å². The van der Waals surface area contributed by atoms with Gasteiger partial charge in [-0.1, -0.05) is 111 Å². The second kappa shape index (κ2) is 15.8. The molecule has 0 fully saturated rings. The van der Waals surface area contributed by atoms with Crippen molar-refractivity contribution in [2.75, 3.05) is 0 Å². The van der Waals surface area contributed by atoms with Crippen molar-refractivity contribution < 1.29 is 33.4 Å². The van der Waals surface area contributed by atoms with Gasteiger partial charge in [-0.25, -0.2) is 4.79 Å². The molecule has 0 heterocycles. The largest absolute Gasteiger partial charge is 0.460 e. The van der Waals surface area contributed by atoms with Gasteiger partial charge in [0.1, 0.15) is 18.8 Å². The van der Waals surface area contributed by atoms with Crippen molar-refractivity contribution in [1.29, 1.82) is 0 Å². The molecule has 8 heteroatoms. The molecule has 0 aliphatic carbocycles. The van der Waals surface area contributed by atoms with Crippen LogP contribution in [0.5, 0.6) is 0 Å². The van der Waals surface area contributed by atoms with Crippen molar-refractivity contribution in [3.05, 3.63) is 108 Å². The van der Waals surface area contributed by atoms with Gasteiger partial charge in [0.2, 0.25) is 0 Å². The van der Waals surface area contributed by atoms with E-state index in [-0.39, 0.29) is 25.6 Å². The lowest BCUT2D eigenvalue weighted by atomic mass is 9.75. The minimum absolute atomic E-state index is 0.0959. The fourth-order valence-electron chi connectivity index (χ4n) is 4.72. The topological polar surface area (TPSA) is 108 Å². The predicted molar refractivity (Wildman–Crippen MR) is 167 cm³/mol. The van der Waals surface area contributed by atoms with Crippen LogP contribution < -0.4 is 5.32 Å². The lowest BCUT2D eigenvalue weighted by molar-refractivity contribution is -0.176. The third-order valence-electron chi connectivity index (χ3n) is 7.26. The first-order valence-corrected chi connectivity index (χ1v) is 14.9. The number of ether oxygens (including phenoxy) is 3. The van der Waals surface area contributed by atoms with Crippen LogP contribution in [0.3, 0.4) is 0 Å². The van der Waals surface area contributed by atoms with E-state index in [2.05, 4.69) is 5.32 Å². The molecule has 0 spiro atoms. The standard InChI is InChI=1S/C36H43NO7/c1-6-26(2)31(37-34(41)44-35(3,4)5)30(38)23-36(22-27-16-10-7-11-17-27,32(39)42-24-28-18-12-8-13-19-28)33(40)43-25-29-20-14-9-15-21-29/h7-21,26,31H,6,22-25H2,1-5H3,(H,37,41)/t26-,31+/m1/s1. The van der Waals surface area contributed by atoms with Crippen molar-refractivity contribution in [1.82, 2.24) is 5.32 Å². The van der Waals surface area contributed by atoms with Crippen LogP contribution in [-0.2, 0) is 48.2 Å². The van der Waals surface area contributed by atoms with Gasteiger partial charge in [0.05, 0.1) is 6.04 Å². The lowest BCUT2D eigenvalue weighted by Gasteiger charge is -2.32. The number of carbonyl (C=O) groups is 4. The molecule has 1 N–H and O–H groups in total. The molecular formula is C36H43NO7. The summed E-state index contributed by atoms with van der Waals surface area (Å²) < 4.78 is 16.9. The van der Waals surface area contributed by atoms with E-state index in [1.165, 1.54) is 0 Å². The SMILES string of the molecule is CC[C@@H](C)[C@H](NC(=O)OC(C)(C)C)C(=O)CC(Cc1ccccc1)(C(=O)OCc1ccccc1)C(=O)OCc1ccccc1. The van der Waals surface area contributed by atoms with Crippen LogP contribution in [0.25, 0.3) is 0 Å². The highest BCUT2D eigenvalue weighted by molar-refractivity contribution is 6.05. The van der Waals surface area contributed by atoms with E-state index in [4.69, 9.17) is 14.2 Å². The summed E-state index contributed by atoms with van der Waals surface area (Å²) in [6.45, 7) is 8.69. The number of ketones is 1. The summed E-state index contributed by atoms with van der Waals surface area (Å²) in [6.07, 6.45) is -0.897. The van der Waals surface area contributed by atoms with Crippen LogP contribution in [0.15, 0.2) is 91.0 Å². The number of rotatable bonds is 14. The first-order chi connectivity index (χ1) is 20.9. The molecule has 3 rings (SSSR count). The number of esters is 2. The van der Waals surface area contributed by atoms with Gasteiger partial charge in [-0.05, 0) is 49.8 Å². The highest BCUT2D eigenvalue weighted by Gasteiger charge is 2.52. The van der Waals surface area contributed by atoms with E-state index in [0.717, 1.165) is 11.1 Å². The first-order valence-electron chi connectivity index (χ1n) is 14.9. The molecule has 0 unspecified atom stereocenters. The highest BCUT2D eigenvalue weighted by Crippen LogP contribution is 2.34. The number of hydrogen-bond acceptors (Lipinski definition) is 7. The Hall–Kier alpha value is -4.46. The third-order valence-corrected chi connectivity index (χ3v) is 7.26. The second-order valence-corrected chi connectivity index (χ2v) is 12.0. The van der Waals surface area contributed by atoms with Gasteiger partial charge in [0, 0.05) is 6.42 Å². The quantitative estimate of drug-likeness (QED) is 0.126. The van der Waals surface area contributed by atoms with Gasteiger partial charge in [0.15, 0.2) is 11.2 Å². The molecule has 2 atom stereocenters. The average Bonchev–Trinajstić information content (AvgIpc) is 3.01. The minimum Gasteiger partial charge on any atom is -0.460 e. The summed E-state index contributed by atoms with van der Waals surface area (Å²) in [5.41, 5.74) is -0.713. The molecule has 0 aromatic heterocycles. The Labute approximate surface area is 260 Å². The predicted octanol–water partition coefficient (Wildman–Crippen LogP) is 6.60. The van der Waals surface area contributed by atoms with Crippen molar-refractivity contribution in [3.63, 3.8) is 0 Å². The Morgan fingerprint density at radius 2 is 1.14 bits per heavy atom. The van der Waals surface area contributed by atoms with Crippen molar-refractivity contribution in [2.24, 2.45) is 11.3 Å². The summed E-state index contributed by atoms with van der Waals surface area (Å²) in [7, 11) is 0. The number of nitrogens with one attached hydrogen (secondary N) is 1. The van der Waals surface area contributed by atoms with Crippen LogP contribution in [-0.4, -0.2) is 35.5 Å². The van der Waals surface area contributed by atoms with Crippen LogP contribution in [0.1, 0.15) is 64.2 Å². The fraction of sp³-hybridized carbons (Fsp3) is 0.389. The average molecular weight is 602 g/mol. The second-order valence-electron chi connectivity index (χ2n) is 12.0. The van der Waals surface area contributed by atoms with Crippen LogP contribution in [0.4, 0.5) is 4.79 Å². The molecule has 0 saturated carbocycles. The maximum atomic E-state index is 14.1. The van der Waals surface area contributed by atoms with E-state index < -0.39 is 47.3 Å². The summed E-state index contributed by atoms with van der Waals surface area (Å²) in [6, 6.07) is 26.1. The molecule has 3 aromatic carbocycles. The smallest absolute Gasteiger partial charge is 0.408 e. The zero-order valence-corrected chi connectivity index (χ0v) is 26.2. The van der Waals surface area contributed by atoms with E-state index in [9.17, 15) is 19.2 Å². The van der Waals surface area contributed by atoms with E-state index in [1.807, 2.05) is 56.3 Å². The van der Waals surface area contributed by atoms with Gasteiger partial charge < -0.3 is 19.5 Å². The molecule has 0 saturated heterocycles. The van der Waals surface area contributed by atoms with Crippen molar-refractivity contribution in [3.8, 4) is 0 Å². The van der Waals surface area contributed by atoms with Gasteiger partial charge in [0.25, 0.3) is 0 Å². The van der Waals surface area contributed by atoms with Gasteiger partial charge >= 0.3 is 18.0 Å². The van der Waals surface area contributed by atoms with E-state index in [1.54, 1.807) is 69.3 Å². The fourth-order valence-corrected chi connectivity index (χ4v) is 4.72. The zero-order chi connectivity index (χ0) is 32.2. The summed E-state index contributed by atoms with van der Waals surface area (Å²) >= 11 is 0. The van der Waals surface area contributed by atoms with Gasteiger partial charge in [-0.15, -0.1) is 0 Å². The zero-order valence-electron chi connectivity index (χ0n) is 26.2. The third kappa shape index (κ3) is 10.1. The molecule has 0 aliphatic heterocycles. The molecule has 0 aliphatic rings. The Morgan fingerprint density at radius 1 is 0.705 bits per heavy atom. The van der Waals surface area contributed by atoms with Gasteiger partial charge in [-0.2, -0.15) is 0 Å².